The lowest BCUT2D eigenvalue weighted by Gasteiger charge is -2.21. The number of hydrogen-bond acceptors (Lipinski definition) is 5. The average molecular weight is 285 g/mol. The van der Waals surface area contributed by atoms with Gasteiger partial charge in [0.1, 0.15) is 11.4 Å². The number of nitrogens with zero attached hydrogens (tertiary/aromatic N) is 2. The van der Waals surface area contributed by atoms with Gasteiger partial charge in [0.2, 0.25) is 0 Å². The second-order valence-electron chi connectivity index (χ2n) is 4.75. The molecule has 0 atom stereocenters. The van der Waals surface area contributed by atoms with Crippen molar-refractivity contribution in [2.75, 3.05) is 24.3 Å². The van der Waals surface area contributed by atoms with E-state index in [0.29, 0.717) is 23.7 Å². The van der Waals surface area contributed by atoms with Crippen LogP contribution >= 0.6 is 0 Å². The molecule has 1 heterocycles. The Hall–Kier alpha value is -2.56. The number of aryl methyl sites for hydroxylation is 1. The molecule has 2 rings (SSSR count). The minimum absolute atomic E-state index is 0.307. The maximum Gasteiger partial charge on any atom is 0.341 e. The topological polar surface area (TPSA) is 68.5 Å². The summed E-state index contributed by atoms with van der Waals surface area (Å²) in [6, 6.07) is 9.55. The van der Waals surface area contributed by atoms with Crippen LogP contribution in [-0.4, -0.2) is 24.6 Å². The molecule has 0 bridgehead atoms. The lowest BCUT2D eigenvalue weighted by molar-refractivity contribution is 0.0527. The molecule has 0 amide bonds. The van der Waals surface area contributed by atoms with E-state index < -0.39 is 5.97 Å². The van der Waals surface area contributed by atoms with Crippen LogP contribution in [0.5, 0.6) is 0 Å². The summed E-state index contributed by atoms with van der Waals surface area (Å²) in [6.07, 6.45) is 1.53. The number of ether oxygens (including phenoxy) is 1. The van der Waals surface area contributed by atoms with Crippen molar-refractivity contribution >= 4 is 23.2 Å². The van der Waals surface area contributed by atoms with Crippen LogP contribution in [0.1, 0.15) is 22.8 Å². The van der Waals surface area contributed by atoms with Gasteiger partial charge in [0.15, 0.2) is 0 Å². The average Bonchev–Trinajstić information content (AvgIpc) is 2.47. The molecule has 2 aromatic rings. The van der Waals surface area contributed by atoms with Gasteiger partial charge in [-0.3, -0.25) is 0 Å². The summed E-state index contributed by atoms with van der Waals surface area (Å²) in [4.78, 5) is 18.2. The Morgan fingerprint density at radius 3 is 2.62 bits per heavy atom. The van der Waals surface area contributed by atoms with Gasteiger partial charge in [-0.15, -0.1) is 0 Å². The normalized spacial score (nSPS) is 10.2. The van der Waals surface area contributed by atoms with Crippen LogP contribution in [0.4, 0.5) is 17.2 Å². The van der Waals surface area contributed by atoms with Crippen molar-refractivity contribution < 1.29 is 9.53 Å². The van der Waals surface area contributed by atoms with E-state index in [1.54, 1.807) is 13.0 Å². The third-order valence-corrected chi connectivity index (χ3v) is 3.12. The first-order valence-electron chi connectivity index (χ1n) is 6.76. The Kier molecular flexibility index (Phi) is 4.42. The first-order chi connectivity index (χ1) is 10.0. The molecule has 2 N–H and O–H groups in total. The highest BCUT2D eigenvalue weighted by Gasteiger charge is 2.18. The van der Waals surface area contributed by atoms with Gasteiger partial charge in [0, 0.05) is 12.7 Å². The predicted octanol–water partition coefficient (Wildman–Crippen LogP) is 2.92. The fourth-order valence-corrected chi connectivity index (χ4v) is 1.99. The number of nitrogens with two attached hydrogens (primary N) is 1. The molecule has 0 unspecified atom stereocenters. The summed E-state index contributed by atoms with van der Waals surface area (Å²) in [5.41, 5.74) is 8.63. The molecule has 0 aliphatic rings. The van der Waals surface area contributed by atoms with E-state index in [-0.39, 0.29) is 0 Å². The Bertz CT molecular complexity index is 638. The predicted molar refractivity (Wildman–Crippen MR) is 83.8 cm³/mol. The zero-order chi connectivity index (χ0) is 15.4. The summed E-state index contributed by atoms with van der Waals surface area (Å²) in [7, 11) is 1.85. The van der Waals surface area contributed by atoms with Crippen LogP contribution < -0.4 is 10.6 Å². The van der Waals surface area contributed by atoms with Crippen LogP contribution in [0.2, 0.25) is 0 Å². The molecule has 0 fully saturated rings. The highest BCUT2D eigenvalue weighted by Crippen LogP contribution is 2.27. The van der Waals surface area contributed by atoms with E-state index in [1.807, 2.05) is 43.1 Å². The quantitative estimate of drug-likeness (QED) is 0.875. The first-order valence-corrected chi connectivity index (χ1v) is 6.76. The SMILES string of the molecule is CCOC(=O)c1cc(N)cnc1N(C)c1ccc(C)cc1. The summed E-state index contributed by atoms with van der Waals surface area (Å²) in [5.74, 6) is 0.0952. The molecule has 0 saturated carbocycles. The van der Waals surface area contributed by atoms with Crippen molar-refractivity contribution in [2.24, 2.45) is 0 Å². The third kappa shape index (κ3) is 3.31. The molecular weight excluding hydrogens is 266 g/mol. The number of benzene rings is 1. The van der Waals surface area contributed by atoms with Crippen molar-refractivity contribution in [3.63, 3.8) is 0 Å². The maximum atomic E-state index is 12.1. The molecule has 5 nitrogen and oxygen atoms in total. The van der Waals surface area contributed by atoms with Gasteiger partial charge in [0.05, 0.1) is 18.5 Å². The van der Waals surface area contributed by atoms with Crippen LogP contribution in [0, 0.1) is 6.92 Å². The maximum absolute atomic E-state index is 12.1. The minimum Gasteiger partial charge on any atom is -0.462 e. The lowest BCUT2D eigenvalue weighted by atomic mass is 10.2. The second kappa shape index (κ2) is 6.26. The van der Waals surface area contributed by atoms with E-state index in [2.05, 4.69) is 4.98 Å². The molecule has 1 aromatic carbocycles. The van der Waals surface area contributed by atoms with E-state index in [1.165, 1.54) is 11.8 Å². The van der Waals surface area contributed by atoms with Gasteiger partial charge in [-0.25, -0.2) is 9.78 Å². The Morgan fingerprint density at radius 2 is 2.00 bits per heavy atom. The number of aromatic nitrogens is 1. The van der Waals surface area contributed by atoms with Gasteiger partial charge in [-0.2, -0.15) is 0 Å². The summed E-state index contributed by atoms with van der Waals surface area (Å²) < 4.78 is 5.07. The highest BCUT2D eigenvalue weighted by atomic mass is 16.5. The third-order valence-electron chi connectivity index (χ3n) is 3.12. The number of carbonyl (C=O) groups is 1. The molecule has 21 heavy (non-hydrogen) atoms. The molecule has 0 saturated heterocycles. The zero-order valence-corrected chi connectivity index (χ0v) is 12.5. The largest absolute Gasteiger partial charge is 0.462 e. The molecule has 0 aliphatic heterocycles. The minimum atomic E-state index is -0.425. The van der Waals surface area contributed by atoms with Crippen LogP contribution in [0.15, 0.2) is 36.5 Å². The molecule has 0 radical (unpaired) electrons. The van der Waals surface area contributed by atoms with E-state index in [4.69, 9.17) is 10.5 Å². The van der Waals surface area contributed by atoms with E-state index in [0.717, 1.165) is 5.69 Å². The van der Waals surface area contributed by atoms with Crippen LogP contribution in [0.3, 0.4) is 0 Å². The second-order valence-corrected chi connectivity index (χ2v) is 4.75. The fourth-order valence-electron chi connectivity index (χ4n) is 1.99. The van der Waals surface area contributed by atoms with E-state index in [9.17, 15) is 4.79 Å². The molecule has 110 valence electrons. The van der Waals surface area contributed by atoms with Gasteiger partial charge in [0.25, 0.3) is 0 Å². The first kappa shape index (κ1) is 14.8. The van der Waals surface area contributed by atoms with E-state index >= 15 is 0 Å². The van der Waals surface area contributed by atoms with Crippen molar-refractivity contribution in [1.82, 2.24) is 4.98 Å². The van der Waals surface area contributed by atoms with Gasteiger partial charge in [-0.1, -0.05) is 17.7 Å². The van der Waals surface area contributed by atoms with Gasteiger partial charge >= 0.3 is 5.97 Å². The fraction of sp³-hybridized carbons (Fsp3) is 0.250. The monoisotopic (exact) mass is 285 g/mol. The molecular formula is C16H19N3O2. The molecule has 5 heteroatoms. The smallest absolute Gasteiger partial charge is 0.341 e. The number of carbonyl (C=O) groups excluding carboxylic acids is 1. The number of hydrogen-bond donors (Lipinski definition) is 1. The van der Waals surface area contributed by atoms with Crippen molar-refractivity contribution in [3.8, 4) is 0 Å². The summed E-state index contributed by atoms with van der Waals surface area (Å²) in [5, 5.41) is 0. The van der Waals surface area contributed by atoms with Gasteiger partial charge in [-0.05, 0) is 32.0 Å². The lowest BCUT2D eigenvalue weighted by Crippen LogP contribution is -2.17. The molecule has 1 aromatic heterocycles. The van der Waals surface area contributed by atoms with Crippen LogP contribution in [0.25, 0.3) is 0 Å². The van der Waals surface area contributed by atoms with Gasteiger partial charge < -0.3 is 15.4 Å². The standard InChI is InChI=1S/C16H19N3O2/c1-4-21-16(20)14-9-12(17)10-18-15(14)19(3)13-7-5-11(2)6-8-13/h5-10H,4,17H2,1-3H3. The summed E-state index contributed by atoms with van der Waals surface area (Å²) in [6.45, 7) is 4.09. The molecule has 0 spiro atoms. The van der Waals surface area contributed by atoms with Crippen molar-refractivity contribution in [3.05, 3.63) is 47.7 Å². The van der Waals surface area contributed by atoms with Crippen molar-refractivity contribution in [1.29, 1.82) is 0 Å². The van der Waals surface area contributed by atoms with Crippen LogP contribution in [-0.2, 0) is 4.74 Å². The Balaban J connectivity index is 2.42. The highest BCUT2D eigenvalue weighted by molar-refractivity contribution is 5.96. The number of pyridine rings is 1. The molecule has 0 aliphatic carbocycles. The Labute approximate surface area is 124 Å². The van der Waals surface area contributed by atoms with Crippen molar-refractivity contribution in [2.45, 2.75) is 13.8 Å². The zero-order valence-electron chi connectivity index (χ0n) is 12.5. The summed E-state index contributed by atoms with van der Waals surface area (Å²) >= 11 is 0. The number of nitrogen functional groups attached to an aromatic ring is 1. The number of esters is 1. The Morgan fingerprint density at radius 1 is 1.33 bits per heavy atom. The number of anilines is 3. The number of rotatable bonds is 4.